The molecule has 0 saturated heterocycles. The van der Waals surface area contributed by atoms with Crippen LogP contribution >= 0.6 is 0 Å². The Hall–Kier alpha value is -1.06. The van der Waals surface area contributed by atoms with Crippen molar-refractivity contribution in [1.29, 1.82) is 0 Å². The normalized spacial score (nSPS) is 17.2. The molecule has 0 aromatic heterocycles. The third-order valence-electron chi connectivity index (χ3n) is 6.46. The van der Waals surface area contributed by atoms with Crippen LogP contribution in [0, 0.1) is 20.8 Å². The average molecular weight is 548 g/mol. The van der Waals surface area contributed by atoms with Crippen LogP contribution in [0.4, 0.5) is 0 Å². The molecule has 0 amide bonds. The van der Waals surface area contributed by atoms with Crippen LogP contribution in [-0.4, -0.2) is 8.07 Å². The maximum Gasteiger partial charge on any atom is -1.00 e. The first kappa shape index (κ1) is 30.0. The number of hydrogen-bond donors (Lipinski definition) is 0. The smallest absolute Gasteiger partial charge is 1.00 e. The van der Waals surface area contributed by atoms with Gasteiger partial charge in [0.25, 0.3) is 0 Å². The Morgan fingerprint density at radius 3 is 1.24 bits per heavy atom. The van der Waals surface area contributed by atoms with Crippen LogP contribution in [0.15, 0.2) is 96.1 Å². The average Bonchev–Trinajstić information content (AvgIpc) is 2.95. The largest absolute Gasteiger partial charge is 1.00 e. The van der Waals surface area contributed by atoms with E-state index in [9.17, 15) is 0 Å². The molecule has 33 heavy (non-hydrogen) atoms. The Bertz CT molecular complexity index is 1070. The monoisotopic (exact) mass is 546 g/mol. The molecule has 1 aliphatic rings. The Kier molecular flexibility index (Phi) is 10.5. The summed E-state index contributed by atoms with van der Waals surface area (Å²) in [5, 5.41) is 4.46. The van der Waals surface area contributed by atoms with Crippen LogP contribution in [0.3, 0.4) is 0 Å². The molecule has 0 fully saturated rings. The van der Waals surface area contributed by atoms with E-state index < -0.39 is 8.07 Å². The number of aryl methyl sites for hydroxylation is 3. The summed E-state index contributed by atoms with van der Waals surface area (Å²) < 4.78 is -0.0353. The van der Waals surface area contributed by atoms with Gasteiger partial charge in [-0.2, -0.15) is 0 Å². The molecule has 0 bridgehead atoms. The zero-order valence-corrected chi connectivity index (χ0v) is 24.5. The fraction of sp³-hybridized carbons (Fsp3) is 0.214. The number of rotatable bonds is 4. The first-order valence-electron chi connectivity index (χ1n) is 10.6. The van der Waals surface area contributed by atoms with Crippen molar-refractivity contribution >= 4 is 23.6 Å². The van der Waals surface area contributed by atoms with Gasteiger partial charge in [-0.15, -0.1) is 0 Å². The standard InChI is InChI=1S/C28H29Si.3ClH.Ti/c1-20-9-6-12-25(16-20)29(26-13-7-10-21(2)17-26,27-14-8-11-22(3)18-27)28-19-23(4)15-24(28)5;;;;/h6-19H,1-5H3;3*1H;/q;;;;+3/p-3. The Balaban J connectivity index is 0.00000181. The van der Waals surface area contributed by atoms with Crippen molar-refractivity contribution < 1.29 is 57.7 Å². The molecule has 0 saturated carbocycles. The van der Waals surface area contributed by atoms with Crippen LogP contribution in [-0.2, 0) is 20.4 Å². The van der Waals surface area contributed by atoms with Gasteiger partial charge in [0, 0.05) is 0 Å². The molecule has 5 heteroatoms. The number of benzene rings is 3. The summed E-state index contributed by atoms with van der Waals surface area (Å²) in [6, 6.07) is 27.8. The van der Waals surface area contributed by atoms with Crippen molar-refractivity contribution in [2.45, 2.75) is 38.0 Å². The van der Waals surface area contributed by atoms with E-state index in [0.29, 0.717) is 0 Å². The fourth-order valence-corrected chi connectivity index (χ4v) is 13.5. The predicted octanol–water partition coefficient (Wildman–Crippen LogP) is -3.76. The maximum absolute atomic E-state index is 2.54. The van der Waals surface area contributed by atoms with Gasteiger partial charge in [0.2, 0.25) is 0 Å². The molecule has 3 aromatic rings. The van der Waals surface area contributed by atoms with Crippen LogP contribution in [0.5, 0.6) is 0 Å². The molecule has 0 radical (unpaired) electrons. The summed E-state index contributed by atoms with van der Waals surface area (Å²) in [4.78, 5) is 0. The summed E-state index contributed by atoms with van der Waals surface area (Å²) in [5.41, 5.74) is 6.83. The maximum atomic E-state index is 2.54. The topological polar surface area (TPSA) is 0 Å². The molecule has 1 unspecified atom stereocenters. The van der Waals surface area contributed by atoms with Gasteiger partial charge in [0.1, 0.15) is 0 Å². The van der Waals surface area contributed by atoms with Gasteiger partial charge in [-0.25, -0.2) is 0 Å². The number of allylic oxidation sites excluding steroid dienone is 4. The molecule has 0 N–H and O–H groups in total. The van der Waals surface area contributed by atoms with Gasteiger partial charge in [-0.05, 0) is 0 Å². The van der Waals surface area contributed by atoms with E-state index in [-0.39, 0.29) is 40.6 Å². The molecular formula is C28H29Cl3SiTi. The van der Waals surface area contributed by atoms with Crippen LogP contribution in [0.25, 0.3) is 0 Å². The summed E-state index contributed by atoms with van der Waals surface area (Å²) in [7, 11) is -2.46. The van der Waals surface area contributed by atoms with E-state index in [2.05, 4.69) is 140 Å². The van der Waals surface area contributed by atoms with E-state index in [4.69, 9.17) is 0 Å². The zero-order valence-electron chi connectivity index (χ0n) is 19.7. The Morgan fingerprint density at radius 1 is 0.606 bits per heavy atom. The molecule has 0 aliphatic heterocycles. The van der Waals surface area contributed by atoms with Gasteiger partial charge in [-0.3, -0.25) is 0 Å². The first-order chi connectivity index (χ1) is 14.3. The molecule has 4 rings (SSSR count). The van der Waals surface area contributed by atoms with Crippen LogP contribution < -0.4 is 52.8 Å². The van der Waals surface area contributed by atoms with E-state index in [1.807, 2.05) is 0 Å². The minimum absolute atomic E-state index is 0. The van der Waals surface area contributed by atoms with Crippen molar-refractivity contribution in [2.24, 2.45) is 0 Å². The van der Waals surface area contributed by atoms with Gasteiger partial charge >= 0.3 is 195 Å². The third-order valence-corrected chi connectivity index (χ3v) is 14.3. The number of halogens is 3. The summed E-state index contributed by atoms with van der Waals surface area (Å²) in [6.45, 7) is 11.2. The van der Waals surface area contributed by atoms with Crippen molar-refractivity contribution in [1.82, 2.24) is 0 Å². The van der Waals surface area contributed by atoms with Crippen molar-refractivity contribution in [3.63, 3.8) is 0 Å². The summed E-state index contributed by atoms with van der Waals surface area (Å²) >= 11 is 2.48. The minimum Gasteiger partial charge on any atom is -1.00 e. The Labute approximate surface area is 230 Å². The molecule has 1 atom stereocenters. The van der Waals surface area contributed by atoms with E-state index in [1.54, 1.807) is 0 Å². The molecule has 170 valence electrons. The summed E-state index contributed by atoms with van der Waals surface area (Å²) in [5.74, 6) is 0. The SMILES string of the molecule is CC1=C[C]([Ti+3])([Si](c2cccc(C)c2)(c2cccc(C)c2)c2cccc(C)c2)C(C)=C1.[Cl-].[Cl-].[Cl-]. The van der Waals surface area contributed by atoms with E-state index in [1.165, 1.54) is 43.4 Å². The number of hydrogen-bond acceptors (Lipinski definition) is 0. The molecule has 0 spiro atoms. The van der Waals surface area contributed by atoms with E-state index >= 15 is 0 Å². The molecule has 1 aliphatic carbocycles. The first-order valence-corrected chi connectivity index (χ1v) is 13.4. The van der Waals surface area contributed by atoms with Gasteiger partial charge in [0.15, 0.2) is 0 Å². The quantitative estimate of drug-likeness (QED) is 0.233. The van der Waals surface area contributed by atoms with Gasteiger partial charge in [0.05, 0.1) is 0 Å². The van der Waals surface area contributed by atoms with Crippen molar-refractivity contribution in [3.05, 3.63) is 113 Å². The molecule has 3 aromatic carbocycles. The van der Waals surface area contributed by atoms with Gasteiger partial charge < -0.3 is 37.2 Å². The molecular weight excluding hydrogens is 519 g/mol. The second-order valence-electron chi connectivity index (χ2n) is 8.88. The van der Waals surface area contributed by atoms with Crippen LogP contribution in [0.1, 0.15) is 30.5 Å². The predicted molar refractivity (Wildman–Crippen MR) is 128 cm³/mol. The van der Waals surface area contributed by atoms with Crippen molar-refractivity contribution in [3.8, 4) is 0 Å². The van der Waals surface area contributed by atoms with Gasteiger partial charge in [-0.1, -0.05) is 0 Å². The van der Waals surface area contributed by atoms with Crippen LogP contribution in [0.2, 0.25) is 3.34 Å². The second kappa shape index (κ2) is 11.6. The molecule has 0 heterocycles. The third kappa shape index (κ3) is 5.15. The van der Waals surface area contributed by atoms with Crippen molar-refractivity contribution in [2.75, 3.05) is 0 Å². The second-order valence-corrected chi connectivity index (χ2v) is 14.9. The molecule has 0 nitrogen and oxygen atoms in total. The Morgan fingerprint density at radius 2 is 0.970 bits per heavy atom. The minimum atomic E-state index is -2.46. The van der Waals surface area contributed by atoms with E-state index in [0.717, 1.165) is 0 Å². The fourth-order valence-electron chi connectivity index (χ4n) is 5.17. The summed E-state index contributed by atoms with van der Waals surface area (Å²) in [6.07, 6.45) is 4.94. The zero-order chi connectivity index (χ0) is 21.5.